The molecular weight excluding hydrogens is 261 g/mol. The second-order valence-corrected chi connectivity index (χ2v) is 5.09. The molecule has 4 heteroatoms. The van der Waals surface area contributed by atoms with Gasteiger partial charge in [-0.25, -0.2) is 4.39 Å². The normalized spacial score (nSPS) is 30.0. The molecular formula is C11H13BrFNO. The minimum Gasteiger partial charge on any atom is -0.393 e. The zero-order chi connectivity index (χ0) is 11.1. The first kappa shape index (κ1) is 11.0. The minimum atomic E-state index is -0.368. The molecule has 0 radical (unpaired) electrons. The van der Waals surface area contributed by atoms with Crippen LogP contribution in [0.2, 0.25) is 0 Å². The van der Waals surface area contributed by atoms with Crippen molar-refractivity contribution in [1.29, 1.82) is 0 Å². The number of hydrogen-bond donors (Lipinski definition) is 2. The molecule has 1 aliphatic rings. The summed E-state index contributed by atoms with van der Waals surface area (Å²) in [5, 5.41) is 9.35. The number of benzene rings is 1. The third-order valence-electron chi connectivity index (χ3n) is 3.14. The molecule has 1 aliphatic carbocycles. The predicted molar refractivity (Wildman–Crippen MR) is 60.1 cm³/mol. The van der Waals surface area contributed by atoms with Gasteiger partial charge in [-0.1, -0.05) is 15.9 Å². The maximum Gasteiger partial charge on any atom is 0.127 e. The zero-order valence-corrected chi connectivity index (χ0v) is 9.80. The lowest BCUT2D eigenvalue weighted by Gasteiger charge is -2.45. The van der Waals surface area contributed by atoms with Crippen LogP contribution in [-0.4, -0.2) is 17.8 Å². The topological polar surface area (TPSA) is 46.2 Å². The second kappa shape index (κ2) is 3.85. The zero-order valence-electron chi connectivity index (χ0n) is 8.21. The Kier molecular flexibility index (Phi) is 2.83. The summed E-state index contributed by atoms with van der Waals surface area (Å²) in [5.41, 5.74) is 5.94. The van der Waals surface area contributed by atoms with Gasteiger partial charge in [0.25, 0.3) is 0 Å². The van der Waals surface area contributed by atoms with Gasteiger partial charge in [0, 0.05) is 16.4 Å². The molecule has 0 unspecified atom stereocenters. The Morgan fingerprint density at radius 2 is 2.20 bits per heavy atom. The predicted octanol–water partition coefficient (Wildman–Crippen LogP) is 1.94. The average Bonchev–Trinajstić information content (AvgIpc) is 2.17. The van der Waals surface area contributed by atoms with Crippen LogP contribution in [0.25, 0.3) is 0 Å². The molecule has 0 bridgehead atoms. The van der Waals surface area contributed by atoms with Crippen molar-refractivity contribution in [3.05, 3.63) is 34.1 Å². The van der Waals surface area contributed by atoms with Gasteiger partial charge in [0.2, 0.25) is 0 Å². The molecule has 1 aromatic rings. The summed E-state index contributed by atoms with van der Waals surface area (Å²) in [6.07, 6.45) is 0.764. The van der Waals surface area contributed by atoms with Crippen LogP contribution in [0.3, 0.4) is 0 Å². The molecule has 0 heterocycles. The third kappa shape index (κ3) is 1.82. The Labute approximate surface area is 96.4 Å². The van der Waals surface area contributed by atoms with Crippen LogP contribution in [-0.2, 0) is 5.41 Å². The fourth-order valence-corrected chi connectivity index (χ4v) is 2.60. The maximum absolute atomic E-state index is 13.6. The first-order valence-corrected chi connectivity index (χ1v) is 5.70. The summed E-state index contributed by atoms with van der Waals surface area (Å²) in [5.74, 6) is -0.240. The number of hydrogen-bond acceptors (Lipinski definition) is 2. The van der Waals surface area contributed by atoms with E-state index in [1.807, 2.05) is 0 Å². The van der Waals surface area contributed by atoms with Gasteiger partial charge >= 0.3 is 0 Å². The molecule has 0 aromatic heterocycles. The number of halogens is 2. The summed E-state index contributed by atoms with van der Waals surface area (Å²) >= 11 is 3.32. The maximum atomic E-state index is 13.6. The highest BCUT2D eigenvalue weighted by molar-refractivity contribution is 9.10. The molecule has 0 saturated heterocycles. The number of nitrogens with two attached hydrogens (primary N) is 1. The molecule has 15 heavy (non-hydrogen) atoms. The van der Waals surface area contributed by atoms with Crippen LogP contribution < -0.4 is 5.73 Å². The Hall–Kier alpha value is -0.450. The van der Waals surface area contributed by atoms with E-state index in [1.54, 1.807) is 12.1 Å². The van der Waals surface area contributed by atoms with Gasteiger partial charge in [-0.3, -0.25) is 0 Å². The SMILES string of the molecule is NCC1(c2cc(Br)ccc2F)CC(O)C1. The highest BCUT2D eigenvalue weighted by Crippen LogP contribution is 2.44. The van der Waals surface area contributed by atoms with E-state index in [2.05, 4.69) is 15.9 Å². The monoisotopic (exact) mass is 273 g/mol. The smallest absolute Gasteiger partial charge is 0.127 e. The van der Waals surface area contributed by atoms with Gasteiger partial charge in [-0.2, -0.15) is 0 Å². The van der Waals surface area contributed by atoms with Crippen molar-refractivity contribution in [3.63, 3.8) is 0 Å². The van der Waals surface area contributed by atoms with Crippen LogP contribution in [0, 0.1) is 5.82 Å². The van der Waals surface area contributed by atoms with E-state index in [1.165, 1.54) is 6.07 Å². The van der Waals surface area contributed by atoms with Gasteiger partial charge in [0.15, 0.2) is 0 Å². The fraction of sp³-hybridized carbons (Fsp3) is 0.455. The van der Waals surface area contributed by atoms with E-state index in [0.717, 1.165) is 4.47 Å². The molecule has 1 saturated carbocycles. The van der Waals surface area contributed by atoms with Crippen LogP contribution >= 0.6 is 15.9 Å². The Balaban J connectivity index is 2.39. The van der Waals surface area contributed by atoms with Crippen LogP contribution in [0.1, 0.15) is 18.4 Å². The van der Waals surface area contributed by atoms with E-state index in [4.69, 9.17) is 5.73 Å². The van der Waals surface area contributed by atoms with E-state index in [9.17, 15) is 9.50 Å². The van der Waals surface area contributed by atoms with Gasteiger partial charge < -0.3 is 10.8 Å². The molecule has 0 aliphatic heterocycles. The van der Waals surface area contributed by atoms with E-state index in [-0.39, 0.29) is 17.3 Å². The highest BCUT2D eigenvalue weighted by atomic mass is 79.9. The lowest BCUT2D eigenvalue weighted by molar-refractivity contribution is 0.0205. The van der Waals surface area contributed by atoms with Crippen molar-refractivity contribution >= 4 is 15.9 Å². The summed E-state index contributed by atoms with van der Waals surface area (Å²) in [7, 11) is 0. The van der Waals surface area contributed by atoms with Gasteiger partial charge in [-0.15, -0.1) is 0 Å². The van der Waals surface area contributed by atoms with Gasteiger partial charge in [-0.05, 0) is 36.6 Å². The average molecular weight is 274 g/mol. The van der Waals surface area contributed by atoms with Crippen molar-refractivity contribution in [3.8, 4) is 0 Å². The molecule has 82 valence electrons. The quantitative estimate of drug-likeness (QED) is 0.865. The van der Waals surface area contributed by atoms with E-state index in [0.29, 0.717) is 24.9 Å². The van der Waals surface area contributed by atoms with E-state index < -0.39 is 0 Å². The largest absolute Gasteiger partial charge is 0.393 e. The minimum absolute atomic E-state index is 0.240. The molecule has 0 amide bonds. The van der Waals surface area contributed by atoms with Crippen LogP contribution in [0.5, 0.6) is 0 Å². The van der Waals surface area contributed by atoms with Gasteiger partial charge in [0.05, 0.1) is 6.10 Å². The lowest BCUT2D eigenvalue weighted by atomic mass is 9.62. The van der Waals surface area contributed by atoms with Crippen LogP contribution in [0.4, 0.5) is 4.39 Å². The molecule has 2 nitrogen and oxygen atoms in total. The highest BCUT2D eigenvalue weighted by Gasteiger charge is 2.45. The molecule has 2 rings (SSSR count). The summed E-state index contributed by atoms with van der Waals surface area (Å²) < 4.78 is 14.5. The second-order valence-electron chi connectivity index (χ2n) is 4.17. The summed E-state index contributed by atoms with van der Waals surface area (Å²) in [6.45, 7) is 0.372. The Morgan fingerprint density at radius 1 is 1.53 bits per heavy atom. The van der Waals surface area contributed by atoms with Crippen molar-refractivity contribution < 1.29 is 9.50 Å². The third-order valence-corrected chi connectivity index (χ3v) is 3.64. The Morgan fingerprint density at radius 3 is 2.73 bits per heavy atom. The molecule has 3 N–H and O–H groups in total. The standard InChI is InChI=1S/C11H13BrFNO/c12-7-1-2-10(13)9(3-7)11(6-14)4-8(15)5-11/h1-3,8,15H,4-6,14H2. The van der Waals surface area contributed by atoms with Crippen molar-refractivity contribution in [2.75, 3.05) is 6.54 Å². The first-order valence-electron chi connectivity index (χ1n) is 4.91. The lowest BCUT2D eigenvalue weighted by Crippen LogP contribution is -2.50. The van der Waals surface area contributed by atoms with Crippen molar-refractivity contribution in [1.82, 2.24) is 0 Å². The number of aliphatic hydroxyl groups excluding tert-OH is 1. The number of rotatable bonds is 2. The van der Waals surface area contributed by atoms with Crippen molar-refractivity contribution in [2.24, 2.45) is 5.73 Å². The summed E-state index contributed by atoms with van der Waals surface area (Å²) in [4.78, 5) is 0. The first-order chi connectivity index (χ1) is 7.07. The molecule has 1 aromatic carbocycles. The molecule has 1 fully saturated rings. The summed E-state index contributed by atoms with van der Waals surface area (Å²) in [6, 6.07) is 4.85. The van der Waals surface area contributed by atoms with Gasteiger partial charge in [0.1, 0.15) is 5.82 Å². The van der Waals surface area contributed by atoms with E-state index >= 15 is 0 Å². The fourth-order valence-electron chi connectivity index (χ4n) is 2.24. The number of aliphatic hydroxyl groups is 1. The molecule has 0 spiro atoms. The van der Waals surface area contributed by atoms with Crippen molar-refractivity contribution in [2.45, 2.75) is 24.4 Å². The Bertz CT molecular complexity index is 377. The molecule has 0 atom stereocenters. The van der Waals surface area contributed by atoms with Crippen LogP contribution in [0.15, 0.2) is 22.7 Å².